The maximum absolute atomic E-state index is 6.00. The minimum Gasteiger partial charge on any atom is -0.488 e. The molecule has 2 heterocycles. The Morgan fingerprint density at radius 2 is 2.05 bits per heavy atom. The van der Waals surface area contributed by atoms with Gasteiger partial charge in [-0.2, -0.15) is 0 Å². The normalized spacial score (nSPS) is 22.2. The third kappa shape index (κ3) is 2.17. The largest absolute Gasteiger partial charge is 0.488 e. The summed E-state index contributed by atoms with van der Waals surface area (Å²) in [6, 6.07) is 0. The molecular weight excluding hydrogens is 268 g/mol. The molecule has 6 nitrogen and oxygen atoms in total. The predicted molar refractivity (Wildman–Crippen MR) is 71.2 cm³/mol. The molecule has 1 fully saturated rings. The topological polar surface area (TPSA) is 83.2 Å². The van der Waals surface area contributed by atoms with Crippen LogP contribution in [0, 0.1) is 0 Å². The third-order valence-corrected chi connectivity index (χ3v) is 3.57. The number of aromatic nitrogens is 3. The molecule has 0 amide bonds. The number of rotatable bonds is 3. The van der Waals surface area contributed by atoms with E-state index >= 15 is 0 Å². The molecule has 1 aliphatic carbocycles. The minimum absolute atomic E-state index is 0.107. The van der Waals surface area contributed by atoms with Gasteiger partial charge in [-0.1, -0.05) is 11.6 Å². The highest BCUT2D eigenvalue weighted by Gasteiger charge is 2.31. The highest BCUT2D eigenvalue weighted by atomic mass is 35.5. The monoisotopic (exact) mass is 280 g/mol. The van der Waals surface area contributed by atoms with Crippen LogP contribution in [-0.2, 0) is 4.74 Å². The Morgan fingerprint density at radius 1 is 1.26 bits per heavy atom. The number of pyridine rings is 1. The quantitative estimate of drug-likeness (QED) is 0.864. The van der Waals surface area contributed by atoms with Crippen LogP contribution in [0.15, 0.2) is 12.5 Å². The molecule has 0 radical (unpaired) electrons. The minimum atomic E-state index is 0.107. The van der Waals surface area contributed by atoms with Crippen molar-refractivity contribution in [1.29, 1.82) is 0 Å². The van der Waals surface area contributed by atoms with Gasteiger partial charge in [0.05, 0.1) is 17.7 Å². The molecule has 3 rings (SSSR count). The molecule has 0 spiro atoms. The number of methoxy groups -OCH3 is 1. The smallest absolute Gasteiger partial charge is 0.155 e. The van der Waals surface area contributed by atoms with Gasteiger partial charge in [0.25, 0.3) is 0 Å². The second kappa shape index (κ2) is 4.79. The van der Waals surface area contributed by atoms with Gasteiger partial charge in [-0.05, 0) is 0 Å². The number of nitrogen functional groups attached to an aromatic ring is 1. The van der Waals surface area contributed by atoms with E-state index in [0.717, 1.165) is 12.8 Å². The van der Waals surface area contributed by atoms with E-state index in [-0.39, 0.29) is 12.2 Å². The molecule has 1 aliphatic rings. The summed E-state index contributed by atoms with van der Waals surface area (Å²) in [5, 5.41) is 0.906. The van der Waals surface area contributed by atoms with Crippen LogP contribution in [0.5, 0.6) is 5.75 Å². The molecule has 0 unspecified atom stereocenters. The van der Waals surface area contributed by atoms with Crippen LogP contribution >= 0.6 is 11.6 Å². The molecule has 0 bridgehead atoms. The lowest BCUT2D eigenvalue weighted by Gasteiger charge is -2.34. The first-order valence-corrected chi connectivity index (χ1v) is 6.31. The summed E-state index contributed by atoms with van der Waals surface area (Å²) in [6.45, 7) is 0. The van der Waals surface area contributed by atoms with Gasteiger partial charge in [-0.25, -0.2) is 15.0 Å². The van der Waals surface area contributed by atoms with Gasteiger partial charge >= 0.3 is 0 Å². The number of hydrogen-bond donors (Lipinski definition) is 1. The summed E-state index contributed by atoms with van der Waals surface area (Å²) in [5.74, 6) is 0.906. The van der Waals surface area contributed by atoms with Crippen LogP contribution in [0.25, 0.3) is 10.9 Å². The number of nitrogens with zero attached hydrogens (tertiary/aromatic N) is 3. The Kier molecular flexibility index (Phi) is 3.12. The van der Waals surface area contributed by atoms with E-state index in [0.29, 0.717) is 27.6 Å². The summed E-state index contributed by atoms with van der Waals surface area (Å²) < 4.78 is 11.1. The number of hydrogen-bond acceptors (Lipinski definition) is 6. The van der Waals surface area contributed by atoms with E-state index in [9.17, 15) is 0 Å². The molecule has 2 aromatic rings. The van der Waals surface area contributed by atoms with E-state index in [1.165, 1.54) is 6.33 Å². The van der Waals surface area contributed by atoms with Crippen LogP contribution in [-0.4, -0.2) is 34.3 Å². The van der Waals surface area contributed by atoms with Crippen molar-refractivity contribution in [2.45, 2.75) is 25.0 Å². The first-order chi connectivity index (χ1) is 9.19. The highest BCUT2D eigenvalue weighted by Crippen LogP contribution is 2.35. The van der Waals surface area contributed by atoms with Crippen molar-refractivity contribution >= 4 is 28.3 Å². The first-order valence-electron chi connectivity index (χ1n) is 5.93. The second-order valence-electron chi connectivity index (χ2n) is 4.46. The Balaban J connectivity index is 1.94. The van der Waals surface area contributed by atoms with Gasteiger partial charge in [-0.15, -0.1) is 0 Å². The number of anilines is 1. The van der Waals surface area contributed by atoms with Gasteiger partial charge in [0, 0.05) is 20.0 Å². The molecule has 100 valence electrons. The molecule has 0 aliphatic heterocycles. The zero-order chi connectivity index (χ0) is 13.4. The predicted octanol–water partition coefficient (Wildman–Crippen LogP) is 1.82. The van der Waals surface area contributed by atoms with Crippen molar-refractivity contribution in [2.75, 3.05) is 12.8 Å². The molecule has 7 heteroatoms. The number of ether oxygens (including phenoxy) is 2. The lowest BCUT2D eigenvalue weighted by atomic mass is 9.92. The third-order valence-electron chi connectivity index (χ3n) is 3.29. The number of halogens is 1. The average molecular weight is 281 g/mol. The summed E-state index contributed by atoms with van der Waals surface area (Å²) >= 11 is 6.00. The van der Waals surface area contributed by atoms with Crippen molar-refractivity contribution in [1.82, 2.24) is 15.0 Å². The van der Waals surface area contributed by atoms with Gasteiger partial charge in [0.1, 0.15) is 23.8 Å². The van der Waals surface area contributed by atoms with Crippen molar-refractivity contribution in [2.24, 2.45) is 0 Å². The molecule has 19 heavy (non-hydrogen) atoms. The first kappa shape index (κ1) is 12.4. The van der Waals surface area contributed by atoms with E-state index in [1.807, 2.05) is 0 Å². The molecule has 1 saturated carbocycles. The Labute approximate surface area is 114 Å². The van der Waals surface area contributed by atoms with E-state index in [1.54, 1.807) is 13.3 Å². The lowest BCUT2D eigenvalue weighted by molar-refractivity contribution is -0.0376. The summed E-state index contributed by atoms with van der Waals surface area (Å²) in [5.41, 5.74) is 6.38. The maximum atomic E-state index is 6.00. The van der Waals surface area contributed by atoms with Crippen LogP contribution in [0.4, 0.5) is 5.82 Å². The molecule has 2 aromatic heterocycles. The van der Waals surface area contributed by atoms with Crippen molar-refractivity contribution in [3.8, 4) is 5.75 Å². The Hall–Kier alpha value is -1.66. The maximum Gasteiger partial charge on any atom is 0.155 e. The zero-order valence-corrected chi connectivity index (χ0v) is 11.1. The zero-order valence-electron chi connectivity index (χ0n) is 10.3. The molecule has 2 N–H and O–H groups in total. The van der Waals surface area contributed by atoms with Gasteiger partial charge in [0.2, 0.25) is 0 Å². The molecule has 0 saturated heterocycles. The molecule has 0 atom stereocenters. The van der Waals surface area contributed by atoms with Crippen LogP contribution in [0.2, 0.25) is 5.15 Å². The van der Waals surface area contributed by atoms with Gasteiger partial charge < -0.3 is 15.2 Å². The molecular formula is C12H13ClN4O2. The number of nitrogens with two attached hydrogens (primary N) is 1. The van der Waals surface area contributed by atoms with Gasteiger partial charge in [0.15, 0.2) is 10.9 Å². The number of fused-ring (bicyclic) bond motifs is 1. The Bertz CT molecular complexity index is 616. The van der Waals surface area contributed by atoms with E-state index < -0.39 is 0 Å². The van der Waals surface area contributed by atoms with Gasteiger partial charge in [-0.3, -0.25) is 0 Å². The molecule has 0 aromatic carbocycles. The van der Waals surface area contributed by atoms with Crippen molar-refractivity contribution in [3.05, 3.63) is 17.7 Å². The van der Waals surface area contributed by atoms with Crippen LogP contribution in [0.3, 0.4) is 0 Å². The average Bonchev–Trinajstić information content (AvgIpc) is 2.36. The van der Waals surface area contributed by atoms with Crippen LogP contribution in [0.1, 0.15) is 12.8 Å². The summed E-state index contributed by atoms with van der Waals surface area (Å²) in [4.78, 5) is 12.1. The fourth-order valence-corrected chi connectivity index (χ4v) is 2.31. The lowest BCUT2D eigenvalue weighted by Crippen LogP contribution is -2.38. The van der Waals surface area contributed by atoms with E-state index in [4.69, 9.17) is 26.8 Å². The SMILES string of the molecule is COC1CC(Oc2cnc(Cl)c3ncnc(N)c23)C1. The fraction of sp³-hybridized carbons (Fsp3) is 0.417. The van der Waals surface area contributed by atoms with Crippen molar-refractivity contribution < 1.29 is 9.47 Å². The summed E-state index contributed by atoms with van der Waals surface area (Å²) in [6.07, 6.45) is 5.01. The fourth-order valence-electron chi connectivity index (χ4n) is 2.11. The van der Waals surface area contributed by atoms with E-state index in [2.05, 4.69) is 15.0 Å². The summed E-state index contributed by atoms with van der Waals surface area (Å²) in [7, 11) is 1.70. The van der Waals surface area contributed by atoms with Crippen molar-refractivity contribution in [3.63, 3.8) is 0 Å². The highest BCUT2D eigenvalue weighted by molar-refractivity contribution is 6.34. The Morgan fingerprint density at radius 3 is 2.79 bits per heavy atom. The second-order valence-corrected chi connectivity index (χ2v) is 4.82. The van der Waals surface area contributed by atoms with Crippen LogP contribution < -0.4 is 10.5 Å². The standard InChI is InChI=1S/C12H13ClN4O2/c1-18-6-2-7(3-6)19-8-4-15-11(13)10-9(8)12(14)17-5-16-10/h4-7H,2-3H2,1H3,(H2,14,16,17).